The van der Waals surface area contributed by atoms with Crippen molar-refractivity contribution in [1.29, 1.82) is 0 Å². The van der Waals surface area contributed by atoms with E-state index in [9.17, 15) is 9.59 Å². The second-order valence-electron chi connectivity index (χ2n) is 5.17. The molecule has 1 heterocycles. The van der Waals surface area contributed by atoms with Gasteiger partial charge in [-0.15, -0.1) is 0 Å². The first-order valence-electron chi connectivity index (χ1n) is 7.00. The molecule has 0 spiro atoms. The minimum atomic E-state index is -0.435. The first-order chi connectivity index (χ1) is 10.1. The largest absolute Gasteiger partial charge is 0.486 e. The van der Waals surface area contributed by atoms with Gasteiger partial charge in [-0.25, -0.2) is 4.98 Å². The quantitative estimate of drug-likeness (QED) is 0.691. The fourth-order valence-electron chi connectivity index (χ4n) is 2.59. The molecule has 0 amide bonds. The van der Waals surface area contributed by atoms with Crippen molar-refractivity contribution in [3.05, 3.63) is 28.8 Å². The van der Waals surface area contributed by atoms with E-state index in [1.807, 2.05) is 0 Å². The molecule has 0 bridgehead atoms. The third-order valence-electron chi connectivity index (χ3n) is 3.56. The summed E-state index contributed by atoms with van der Waals surface area (Å²) in [5.41, 5.74) is 0.222. The lowest BCUT2D eigenvalue weighted by Gasteiger charge is -2.16. The number of carbonyl (C=O) groups is 1. The van der Waals surface area contributed by atoms with Crippen molar-refractivity contribution < 1.29 is 14.3 Å². The number of nitrogens with zero attached hydrogens (tertiary/aromatic N) is 1. The zero-order valence-electron chi connectivity index (χ0n) is 11.7. The highest BCUT2D eigenvalue weighted by molar-refractivity contribution is 5.83. The van der Waals surface area contributed by atoms with Crippen LogP contribution in [0.5, 0.6) is 11.5 Å². The van der Waals surface area contributed by atoms with Crippen LogP contribution in [0.15, 0.2) is 23.3 Å². The van der Waals surface area contributed by atoms with E-state index in [0.29, 0.717) is 22.4 Å². The zero-order chi connectivity index (χ0) is 14.8. The molecule has 0 unspecified atom stereocenters. The van der Waals surface area contributed by atoms with E-state index < -0.39 is 5.97 Å². The third-order valence-corrected chi connectivity index (χ3v) is 3.56. The van der Waals surface area contributed by atoms with Crippen LogP contribution >= 0.6 is 0 Å². The number of ether oxygens (including phenoxy) is 2. The number of fused-ring (bicyclic) bond motifs is 1. The molecule has 0 radical (unpaired) electrons. The van der Waals surface area contributed by atoms with Crippen LogP contribution < -0.4 is 15.0 Å². The van der Waals surface area contributed by atoms with Crippen molar-refractivity contribution in [2.45, 2.75) is 38.7 Å². The maximum atomic E-state index is 11.8. The SMILES string of the molecule is CC(=O)Oc1cc2nc[nH]c(=O)c2cc1OC1CCCC1. The van der Waals surface area contributed by atoms with Crippen LogP contribution in [0, 0.1) is 0 Å². The van der Waals surface area contributed by atoms with Crippen LogP contribution in [0.2, 0.25) is 0 Å². The second-order valence-corrected chi connectivity index (χ2v) is 5.17. The molecule has 3 rings (SSSR count). The standard InChI is InChI=1S/C15H16N2O4/c1-9(18)20-14-7-12-11(15(19)17-8-16-12)6-13(14)21-10-4-2-3-5-10/h6-8,10H,2-5H2,1H3,(H,16,17,19). The molecule has 2 aromatic rings. The van der Waals surface area contributed by atoms with Gasteiger partial charge in [0.2, 0.25) is 0 Å². The van der Waals surface area contributed by atoms with Crippen LogP contribution in [-0.4, -0.2) is 22.0 Å². The Morgan fingerprint density at radius 1 is 1.29 bits per heavy atom. The Labute approximate surface area is 121 Å². The first kappa shape index (κ1) is 13.6. The van der Waals surface area contributed by atoms with Gasteiger partial charge in [-0.1, -0.05) is 0 Å². The fraction of sp³-hybridized carbons (Fsp3) is 0.400. The number of aromatic amines is 1. The summed E-state index contributed by atoms with van der Waals surface area (Å²) in [5.74, 6) is 0.290. The molecule has 1 aromatic carbocycles. The first-order valence-corrected chi connectivity index (χ1v) is 7.00. The van der Waals surface area contributed by atoms with Crippen molar-refractivity contribution in [1.82, 2.24) is 9.97 Å². The lowest BCUT2D eigenvalue weighted by Crippen LogP contribution is -2.14. The number of hydrogen-bond acceptors (Lipinski definition) is 5. The third kappa shape index (κ3) is 2.89. The van der Waals surface area contributed by atoms with E-state index >= 15 is 0 Å². The van der Waals surface area contributed by atoms with Crippen LogP contribution in [0.25, 0.3) is 10.9 Å². The van der Waals surface area contributed by atoms with Gasteiger partial charge in [-0.2, -0.15) is 0 Å². The van der Waals surface area contributed by atoms with Gasteiger partial charge in [-0.05, 0) is 31.7 Å². The van der Waals surface area contributed by atoms with Gasteiger partial charge in [-0.3, -0.25) is 9.59 Å². The number of H-pyrrole nitrogens is 1. The van der Waals surface area contributed by atoms with E-state index in [1.165, 1.54) is 13.3 Å². The van der Waals surface area contributed by atoms with E-state index in [0.717, 1.165) is 25.7 Å². The average Bonchev–Trinajstić information content (AvgIpc) is 2.93. The average molecular weight is 288 g/mol. The Hall–Kier alpha value is -2.37. The summed E-state index contributed by atoms with van der Waals surface area (Å²) in [6.07, 6.45) is 5.63. The molecule has 6 heteroatoms. The predicted octanol–water partition coefficient (Wildman–Crippen LogP) is 2.17. The maximum absolute atomic E-state index is 11.8. The van der Waals surface area contributed by atoms with Crippen molar-refractivity contribution in [2.75, 3.05) is 0 Å². The van der Waals surface area contributed by atoms with Gasteiger partial charge in [0.15, 0.2) is 11.5 Å². The van der Waals surface area contributed by atoms with Gasteiger partial charge < -0.3 is 14.5 Å². The summed E-state index contributed by atoms with van der Waals surface area (Å²) in [5, 5.41) is 0.418. The minimum Gasteiger partial charge on any atom is -0.486 e. The summed E-state index contributed by atoms with van der Waals surface area (Å²) >= 11 is 0. The van der Waals surface area contributed by atoms with Gasteiger partial charge in [0.1, 0.15) is 0 Å². The van der Waals surface area contributed by atoms with Crippen LogP contribution in [0.1, 0.15) is 32.6 Å². The molecule has 6 nitrogen and oxygen atoms in total. The zero-order valence-corrected chi connectivity index (χ0v) is 11.7. The van der Waals surface area contributed by atoms with E-state index in [-0.39, 0.29) is 11.7 Å². The van der Waals surface area contributed by atoms with Crippen molar-refractivity contribution in [3.8, 4) is 11.5 Å². The van der Waals surface area contributed by atoms with Gasteiger partial charge in [0.05, 0.1) is 23.3 Å². The van der Waals surface area contributed by atoms with Crippen molar-refractivity contribution >= 4 is 16.9 Å². The molecule has 21 heavy (non-hydrogen) atoms. The summed E-state index contributed by atoms with van der Waals surface area (Å²) in [4.78, 5) is 29.7. The Morgan fingerprint density at radius 3 is 2.76 bits per heavy atom. The van der Waals surface area contributed by atoms with E-state index in [1.54, 1.807) is 12.1 Å². The number of carbonyl (C=O) groups excluding carboxylic acids is 1. The van der Waals surface area contributed by atoms with Gasteiger partial charge in [0, 0.05) is 13.0 Å². The van der Waals surface area contributed by atoms with Crippen molar-refractivity contribution in [3.63, 3.8) is 0 Å². The topological polar surface area (TPSA) is 81.3 Å². The van der Waals surface area contributed by atoms with Gasteiger partial charge in [0.25, 0.3) is 5.56 Å². The molecule has 1 saturated carbocycles. The molecule has 1 aliphatic rings. The number of rotatable bonds is 3. The molecular weight excluding hydrogens is 272 g/mol. The molecule has 1 N–H and O–H groups in total. The number of aromatic nitrogens is 2. The molecule has 1 aliphatic carbocycles. The summed E-state index contributed by atoms with van der Waals surface area (Å²) in [6, 6.07) is 3.16. The monoisotopic (exact) mass is 288 g/mol. The number of hydrogen-bond donors (Lipinski definition) is 1. The Kier molecular flexibility index (Phi) is 3.60. The Morgan fingerprint density at radius 2 is 2.05 bits per heavy atom. The molecule has 1 aromatic heterocycles. The normalized spacial score (nSPS) is 15.3. The highest BCUT2D eigenvalue weighted by atomic mass is 16.6. The van der Waals surface area contributed by atoms with E-state index in [2.05, 4.69) is 9.97 Å². The number of benzene rings is 1. The van der Waals surface area contributed by atoms with Gasteiger partial charge >= 0.3 is 5.97 Å². The van der Waals surface area contributed by atoms with Crippen LogP contribution in [0.4, 0.5) is 0 Å². The van der Waals surface area contributed by atoms with E-state index in [4.69, 9.17) is 9.47 Å². The highest BCUT2D eigenvalue weighted by Crippen LogP contribution is 2.34. The number of esters is 1. The number of nitrogens with one attached hydrogen (secondary N) is 1. The second kappa shape index (κ2) is 5.55. The maximum Gasteiger partial charge on any atom is 0.308 e. The molecule has 0 aliphatic heterocycles. The molecular formula is C15H16N2O4. The predicted molar refractivity (Wildman–Crippen MR) is 76.6 cm³/mol. The molecule has 1 fully saturated rings. The van der Waals surface area contributed by atoms with Crippen LogP contribution in [0.3, 0.4) is 0 Å². The summed E-state index contributed by atoms with van der Waals surface area (Å²) in [6.45, 7) is 1.33. The van der Waals surface area contributed by atoms with Crippen molar-refractivity contribution in [2.24, 2.45) is 0 Å². The summed E-state index contributed by atoms with van der Waals surface area (Å²) in [7, 11) is 0. The Balaban J connectivity index is 2.06. The smallest absolute Gasteiger partial charge is 0.308 e. The lowest BCUT2D eigenvalue weighted by atomic mass is 10.2. The molecule has 0 atom stereocenters. The Bertz CT molecular complexity index is 732. The fourth-order valence-corrected chi connectivity index (χ4v) is 2.59. The lowest BCUT2D eigenvalue weighted by molar-refractivity contribution is -0.132. The summed E-state index contributed by atoms with van der Waals surface area (Å²) < 4.78 is 11.1. The van der Waals surface area contributed by atoms with Crippen LogP contribution in [-0.2, 0) is 4.79 Å². The molecule has 110 valence electrons. The molecule has 0 saturated heterocycles. The minimum absolute atomic E-state index is 0.104. The highest BCUT2D eigenvalue weighted by Gasteiger charge is 2.20.